The van der Waals surface area contributed by atoms with Crippen molar-refractivity contribution < 1.29 is 9.21 Å². The first-order valence-corrected chi connectivity index (χ1v) is 12.1. The zero-order valence-corrected chi connectivity index (χ0v) is 20.9. The summed E-state index contributed by atoms with van der Waals surface area (Å²) in [4.78, 5) is 12.6. The van der Waals surface area contributed by atoms with Gasteiger partial charge in [-0.25, -0.2) is 0 Å². The normalized spacial score (nSPS) is 11.4. The van der Waals surface area contributed by atoms with Crippen LogP contribution in [0.1, 0.15) is 25.3 Å². The highest BCUT2D eigenvalue weighted by Crippen LogP contribution is 2.30. The van der Waals surface area contributed by atoms with Crippen molar-refractivity contribution >= 4 is 68.5 Å². The highest BCUT2D eigenvalue weighted by atomic mass is 127. The van der Waals surface area contributed by atoms with Gasteiger partial charge in [0.15, 0.2) is 16.7 Å². The molecule has 0 aliphatic rings. The van der Waals surface area contributed by atoms with Gasteiger partial charge in [0.25, 0.3) is 0 Å². The number of anilines is 1. The highest BCUT2D eigenvalue weighted by molar-refractivity contribution is 14.1. The topological polar surface area (TPSA) is 73.0 Å². The number of rotatable bonds is 6. The number of furan rings is 1. The summed E-state index contributed by atoms with van der Waals surface area (Å²) in [5, 5.41) is 13.7. The van der Waals surface area contributed by atoms with E-state index in [1.54, 1.807) is 6.07 Å². The highest BCUT2D eigenvalue weighted by Gasteiger charge is 2.17. The molecule has 160 valence electrons. The zero-order chi connectivity index (χ0) is 22.1. The second kappa shape index (κ2) is 9.22. The van der Waals surface area contributed by atoms with E-state index < -0.39 is 0 Å². The van der Waals surface area contributed by atoms with E-state index >= 15 is 0 Å². The molecule has 0 atom stereocenters. The van der Waals surface area contributed by atoms with Gasteiger partial charge in [0.05, 0.1) is 5.75 Å². The number of halogens is 2. The Balaban J connectivity index is 1.46. The zero-order valence-electron chi connectivity index (χ0n) is 17.1. The molecule has 4 aromatic rings. The number of benzene rings is 2. The first kappa shape index (κ1) is 22.2. The summed E-state index contributed by atoms with van der Waals surface area (Å²) >= 11 is 9.67. The van der Waals surface area contributed by atoms with Crippen molar-refractivity contribution in [2.75, 3.05) is 11.1 Å². The summed E-state index contributed by atoms with van der Waals surface area (Å²) in [5.74, 6) is 1.65. The van der Waals surface area contributed by atoms with E-state index in [2.05, 4.69) is 58.0 Å². The lowest BCUT2D eigenvalue weighted by molar-refractivity contribution is -0.113. The molecule has 0 spiro atoms. The first-order chi connectivity index (χ1) is 14.8. The Labute approximate surface area is 202 Å². The van der Waals surface area contributed by atoms with Crippen molar-refractivity contribution in [2.45, 2.75) is 24.9 Å². The fourth-order valence-corrected chi connectivity index (χ4v) is 4.63. The molecule has 2 aromatic heterocycles. The minimum absolute atomic E-state index is 0.0870. The van der Waals surface area contributed by atoms with E-state index in [4.69, 9.17) is 16.0 Å². The Morgan fingerprint density at radius 2 is 2.03 bits per heavy atom. The van der Waals surface area contributed by atoms with Crippen molar-refractivity contribution in [1.29, 1.82) is 0 Å². The number of carbonyl (C=O) groups excluding carboxylic acids is 1. The summed E-state index contributed by atoms with van der Waals surface area (Å²) in [6.45, 7) is 4.23. The lowest BCUT2D eigenvalue weighted by atomic mass is 10.0. The van der Waals surface area contributed by atoms with Gasteiger partial charge >= 0.3 is 0 Å². The number of nitrogens with zero attached hydrogens (tertiary/aromatic N) is 3. The Morgan fingerprint density at radius 3 is 2.81 bits per heavy atom. The van der Waals surface area contributed by atoms with Gasteiger partial charge < -0.3 is 14.3 Å². The molecule has 2 aromatic carbocycles. The minimum atomic E-state index is -0.0870. The Bertz CT molecular complexity index is 1270. The number of thioether (sulfide) groups is 1. The average molecular weight is 567 g/mol. The van der Waals surface area contributed by atoms with Crippen molar-refractivity contribution in [2.24, 2.45) is 7.05 Å². The third-order valence-corrected chi connectivity index (χ3v) is 6.70. The van der Waals surface area contributed by atoms with Crippen molar-refractivity contribution in [3.05, 3.63) is 56.6 Å². The molecule has 2 heterocycles. The quantitative estimate of drug-likeness (QED) is 0.218. The van der Waals surface area contributed by atoms with Gasteiger partial charge in [0, 0.05) is 26.7 Å². The lowest BCUT2D eigenvalue weighted by Crippen LogP contribution is -2.16. The summed E-state index contributed by atoms with van der Waals surface area (Å²) in [5.41, 5.74) is 2.70. The predicted molar refractivity (Wildman–Crippen MR) is 134 cm³/mol. The van der Waals surface area contributed by atoms with Gasteiger partial charge in [0.2, 0.25) is 5.91 Å². The fraction of sp³-hybridized carbons (Fsp3) is 0.227. The molecular weight excluding hydrogens is 547 g/mol. The van der Waals surface area contributed by atoms with Crippen LogP contribution >= 0.6 is 46.0 Å². The van der Waals surface area contributed by atoms with Gasteiger partial charge in [-0.15, -0.1) is 10.2 Å². The lowest BCUT2D eigenvalue weighted by Gasteiger charge is -2.14. The smallest absolute Gasteiger partial charge is 0.234 e. The van der Waals surface area contributed by atoms with Crippen molar-refractivity contribution in [1.82, 2.24) is 14.8 Å². The molecular formula is C22H20ClIN4O2S. The monoisotopic (exact) mass is 566 g/mol. The van der Waals surface area contributed by atoms with E-state index in [0.717, 1.165) is 25.8 Å². The van der Waals surface area contributed by atoms with Crippen LogP contribution in [0.5, 0.6) is 0 Å². The van der Waals surface area contributed by atoms with Crippen LogP contribution in [0.25, 0.3) is 22.6 Å². The van der Waals surface area contributed by atoms with Crippen molar-refractivity contribution in [3.63, 3.8) is 0 Å². The number of nitrogens with one attached hydrogen (secondary N) is 1. The van der Waals surface area contributed by atoms with Crippen LogP contribution in [0.4, 0.5) is 5.69 Å². The molecule has 0 bridgehead atoms. The first-order valence-electron chi connectivity index (χ1n) is 9.63. The number of fused-ring (bicyclic) bond motifs is 1. The maximum atomic E-state index is 12.6. The molecule has 1 N–H and O–H groups in total. The summed E-state index contributed by atoms with van der Waals surface area (Å²) < 4.78 is 8.85. The Morgan fingerprint density at radius 1 is 1.23 bits per heavy atom. The standard InChI is InChI=1S/C22H20ClIN4O2S/c1-12(2)16-10-15(24)5-6-17(16)25-20(29)11-31-22-27-26-21(28(22)3)19-9-13-8-14(23)4-7-18(13)30-19/h4-10,12H,11H2,1-3H3,(H,25,29). The van der Waals surface area contributed by atoms with Gasteiger partial charge in [-0.1, -0.05) is 37.2 Å². The fourth-order valence-electron chi connectivity index (χ4n) is 3.22. The van der Waals surface area contributed by atoms with Crippen LogP contribution in [0.3, 0.4) is 0 Å². The van der Waals surface area contributed by atoms with Crippen LogP contribution in [0, 0.1) is 3.57 Å². The Hall–Kier alpha value is -2.04. The second-order valence-electron chi connectivity index (χ2n) is 7.38. The second-order valence-corrected chi connectivity index (χ2v) is 10.0. The molecule has 31 heavy (non-hydrogen) atoms. The largest absolute Gasteiger partial charge is 0.453 e. The third kappa shape index (κ3) is 4.91. The summed E-state index contributed by atoms with van der Waals surface area (Å²) in [6, 6.07) is 13.4. The van der Waals surface area contributed by atoms with Crippen LogP contribution < -0.4 is 5.32 Å². The van der Waals surface area contributed by atoms with Crippen LogP contribution in [-0.2, 0) is 11.8 Å². The number of hydrogen-bond donors (Lipinski definition) is 1. The molecule has 0 aliphatic carbocycles. The maximum Gasteiger partial charge on any atom is 0.234 e. The molecule has 4 rings (SSSR count). The van der Waals surface area contributed by atoms with Gasteiger partial charge in [-0.2, -0.15) is 0 Å². The number of carbonyl (C=O) groups is 1. The summed E-state index contributed by atoms with van der Waals surface area (Å²) in [6.07, 6.45) is 0. The molecule has 0 fully saturated rings. The molecule has 0 saturated carbocycles. The molecule has 0 saturated heterocycles. The maximum absolute atomic E-state index is 12.6. The van der Waals surface area contributed by atoms with Crippen LogP contribution in [0.2, 0.25) is 5.02 Å². The average Bonchev–Trinajstić information content (AvgIpc) is 3.30. The molecule has 0 radical (unpaired) electrons. The molecule has 9 heteroatoms. The van der Waals surface area contributed by atoms with Gasteiger partial charge in [-0.05, 0) is 76.5 Å². The van der Waals surface area contributed by atoms with E-state index in [1.165, 1.54) is 11.8 Å². The third-order valence-electron chi connectivity index (χ3n) is 4.78. The van der Waals surface area contributed by atoms with Gasteiger partial charge in [0.1, 0.15) is 5.58 Å². The van der Waals surface area contributed by atoms with Crippen molar-refractivity contribution in [3.8, 4) is 11.6 Å². The SMILES string of the molecule is CC(C)c1cc(I)ccc1NC(=O)CSc1nnc(-c2cc3cc(Cl)ccc3o2)n1C. The molecule has 0 unspecified atom stereocenters. The van der Waals surface area contributed by atoms with Crippen LogP contribution in [-0.4, -0.2) is 26.4 Å². The molecule has 0 aliphatic heterocycles. The number of amides is 1. The molecule has 6 nitrogen and oxygen atoms in total. The van der Waals surface area contributed by atoms with Crippen LogP contribution in [0.15, 0.2) is 52.0 Å². The Kier molecular flexibility index (Phi) is 6.59. The van der Waals surface area contributed by atoms with E-state index in [9.17, 15) is 4.79 Å². The predicted octanol–water partition coefficient (Wildman–Crippen LogP) is 6.34. The minimum Gasteiger partial charge on any atom is -0.453 e. The van der Waals surface area contributed by atoms with E-state index in [0.29, 0.717) is 27.7 Å². The number of hydrogen-bond acceptors (Lipinski definition) is 5. The number of aromatic nitrogens is 3. The molecule has 1 amide bonds. The van der Waals surface area contributed by atoms with E-state index in [1.807, 2.05) is 41.9 Å². The summed E-state index contributed by atoms with van der Waals surface area (Å²) in [7, 11) is 1.85. The van der Waals surface area contributed by atoms with E-state index in [-0.39, 0.29) is 11.7 Å². The van der Waals surface area contributed by atoms with Gasteiger partial charge in [-0.3, -0.25) is 4.79 Å².